The molecule has 1 heterocycles. The molecule has 0 saturated carbocycles. The smallest absolute Gasteiger partial charge is 0.322 e. The lowest BCUT2D eigenvalue weighted by molar-refractivity contribution is -0.143. The highest BCUT2D eigenvalue weighted by Gasteiger charge is 2.20. The SMILES string of the molecule is CCCc1nc(CNC(CC(C)C)C(=O)OC)cs1. The maximum atomic E-state index is 11.7. The van der Waals surface area contributed by atoms with Gasteiger partial charge in [-0.1, -0.05) is 20.8 Å². The fraction of sp³-hybridized carbons (Fsp3) is 0.714. The first-order chi connectivity index (χ1) is 9.06. The summed E-state index contributed by atoms with van der Waals surface area (Å²) in [6, 6.07) is -0.249. The number of aryl methyl sites for hydroxylation is 1. The van der Waals surface area contributed by atoms with E-state index in [2.05, 4.69) is 36.5 Å². The number of hydrogen-bond acceptors (Lipinski definition) is 5. The summed E-state index contributed by atoms with van der Waals surface area (Å²) in [5.74, 6) is 0.250. The Bertz CT molecular complexity index is 391. The molecule has 0 aliphatic rings. The monoisotopic (exact) mass is 284 g/mol. The molecule has 0 saturated heterocycles. The average Bonchev–Trinajstić information content (AvgIpc) is 2.81. The van der Waals surface area contributed by atoms with Crippen molar-refractivity contribution in [3.8, 4) is 0 Å². The fourth-order valence-electron chi connectivity index (χ4n) is 1.86. The van der Waals surface area contributed by atoms with Crippen molar-refractivity contribution in [3.05, 3.63) is 16.1 Å². The molecule has 0 spiro atoms. The lowest BCUT2D eigenvalue weighted by Crippen LogP contribution is -2.38. The summed E-state index contributed by atoms with van der Waals surface area (Å²) < 4.78 is 4.83. The summed E-state index contributed by atoms with van der Waals surface area (Å²) in [6.45, 7) is 6.96. The Balaban J connectivity index is 2.52. The molecular formula is C14H24N2O2S. The molecule has 1 atom stereocenters. The number of hydrogen-bond donors (Lipinski definition) is 1. The number of thiazole rings is 1. The van der Waals surface area contributed by atoms with E-state index in [4.69, 9.17) is 4.74 Å². The van der Waals surface area contributed by atoms with E-state index in [1.165, 1.54) is 7.11 Å². The van der Waals surface area contributed by atoms with Crippen LogP contribution in [0.25, 0.3) is 0 Å². The zero-order valence-electron chi connectivity index (χ0n) is 12.2. The van der Waals surface area contributed by atoms with Gasteiger partial charge in [0, 0.05) is 11.9 Å². The molecule has 1 N–H and O–H groups in total. The molecule has 1 aromatic rings. The van der Waals surface area contributed by atoms with Crippen molar-refractivity contribution in [2.45, 2.75) is 52.6 Å². The van der Waals surface area contributed by atoms with E-state index in [9.17, 15) is 4.79 Å². The highest BCUT2D eigenvalue weighted by Crippen LogP contribution is 2.13. The number of rotatable bonds is 8. The number of methoxy groups -OCH3 is 1. The Hall–Kier alpha value is -0.940. The van der Waals surface area contributed by atoms with E-state index in [0.717, 1.165) is 30.0 Å². The third-order valence-corrected chi connectivity index (χ3v) is 3.74. The van der Waals surface area contributed by atoms with Gasteiger partial charge in [-0.3, -0.25) is 10.1 Å². The van der Waals surface area contributed by atoms with Crippen molar-refractivity contribution in [3.63, 3.8) is 0 Å². The number of carbonyl (C=O) groups is 1. The number of carbonyl (C=O) groups excluding carboxylic acids is 1. The van der Waals surface area contributed by atoms with E-state index in [1.54, 1.807) is 11.3 Å². The Labute approximate surface area is 119 Å². The Morgan fingerprint density at radius 3 is 2.84 bits per heavy atom. The second kappa shape index (κ2) is 8.27. The van der Waals surface area contributed by atoms with E-state index in [1.807, 2.05) is 0 Å². The summed E-state index contributed by atoms with van der Waals surface area (Å²) in [5, 5.41) is 6.46. The number of esters is 1. The third-order valence-electron chi connectivity index (χ3n) is 2.79. The molecule has 0 aliphatic carbocycles. The zero-order valence-corrected chi connectivity index (χ0v) is 13.0. The van der Waals surface area contributed by atoms with Crippen molar-refractivity contribution in [1.29, 1.82) is 0 Å². The minimum atomic E-state index is -0.249. The molecule has 19 heavy (non-hydrogen) atoms. The molecule has 1 aromatic heterocycles. The maximum Gasteiger partial charge on any atom is 0.322 e. The normalized spacial score (nSPS) is 12.7. The highest BCUT2D eigenvalue weighted by molar-refractivity contribution is 7.09. The van der Waals surface area contributed by atoms with Gasteiger partial charge in [0.25, 0.3) is 0 Å². The van der Waals surface area contributed by atoms with Gasteiger partial charge in [-0.2, -0.15) is 0 Å². The van der Waals surface area contributed by atoms with E-state index < -0.39 is 0 Å². The molecule has 0 aromatic carbocycles. The van der Waals surface area contributed by atoms with Gasteiger partial charge in [-0.05, 0) is 25.2 Å². The minimum Gasteiger partial charge on any atom is -0.468 e. The summed E-state index contributed by atoms with van der Waals surface area (Å²) in [4.78, 5) is 16.2. The van der Waals surface area contributed by atoms with Crippen LogP contribution in [0, 0.1) is 5.92 Å². The van der Waals surface area contributed by atoms with Crippen LogP contribution in [0.5, 0.6) is 0 Å². The predicted octanol–water partition coefficient (Wildman–Crippen LogP) is 2.77. The predicted molar refractivity (Wildman–Crippen MR) is 78.2 cm³/mol. The lowest BCUT2D eigenvalue weighted by Gasteiger charge is -2.17. The van der Waals surface area contributed by atoms with Crippen molar-refractivity contribution in [2.75, 3.05) is 7.11 Å². The quantitative estimate of drug-likeness (QED) is 0.746. The van der Waals surface area contributed by atoms with Gasteiger partial charge >= 0.3 is 5.97 Å². The second-order valence-electron chi connectivity index (χ2n) is 5.07. The molecule has 108 valence electrons. The van der Waals surface area contributed by atoms with E-state index >= 15 is 0 Å². The molecule has 1 unspecified atom stereocenters. The van der Waals surface area contributed by atoms with Crippen LogP contribution in [-0.4, -0.2) is 24.1 Å². The molecule has 1 rings (SSSR count). The van der Waals surface area contributed by atoms with Crippen LogP contribution >= 0.6 is 11.3 Å². The minimum absolute atomic E-state index is 0.197. The topological polar surface area (TPSA) is 51.2 Å². The van der Waals surface area contributed by atoms with Crippen LogP contribution in [0.4, 0.5) is 0 Å². The van der Waals surface area contributed by atoms with Crippen LogP contribution in [-0.2, 0) is 22.5 Å². The van der Waals surface area contributed by atoms with Gasteiger partial charge in [0.1, 0.15) is 6.04 Å². The Kier molecular flexibility index (Phi) is 7.02. The third kappa shape index (κ3) is 5.70. The molecule has 5 heteroatoms. The van der Waals surface area contributed by atoms with Gasteiger partial charge in [-0.15, -0.1) is 11.3 Å². The standard InChI is InChI=1S/C14H24N2O2S/c1-5-6-13-16-11(9-19-13)8-15-12(7-10(2)3)14(17)18-4/h9-10,12,15H,5-8H2,1-4H3. The number of ether oxygens (including phenoxy) is 1. The van der Waals surface area contributed by atoms with Crippen LogP contribution < -0.4 is 5.32 Å². The molecule has 4 nitrogen and oxygen atoms in total. The number of aromatic nitrogens is 1. The van der Waals surface area contributed by atoms with Gasteiger partial charge in [-0.25, -0.2) is 4.98 Å². The van der Waals surface area contributed by atoms with E-state index in [-0.39, 0.29) is 12.0 Å². The Morgan fingerprint density at radius 1 is 1.53 bits per heavy atom. The molecule has 0 bridgehead atoms. The average molecular weight is 284 g/mol. The largest absolute Gasteiger partial charge is 0.468 e. The molecule has 0 radical (unpaired) electrons. The van der Waals surface area contributed by atoms with Crippen LogP contribution in [0.3, 0.4) is 0 Å². The first-order valence-electron chi connectivity index (χ1n) is 6.81. The van der Waals surface area contributed by atoms with Crippen molar-refractivity contribution in [2.24, 2.45) is 5.92 Å². The highest BCUT2D eigenvalue weighted by atomic mass is 32.1. The molecular weight excluding hydrogens is 260 g/mol. The molecule has 0 amide bonds. The lowest BCUT2D eigenvalue weighted by atomic mass is 10.0. The van der Waals surface area contributed by atoms with E-state index in [0.29, 0.717) is 12.5 Å². The summed E-state index contributed by atoms with van der Waals surface area (Å²) in [5.41, 5.74) is 1.01. The van der Waals surface area contributed by atoms with Crippen LogP contribution in [0.15, 0.2) is 5.38 Å². The second-order valence-corrected chi connectivity index (χ2v) is 6.01. The molecule has 0 aliphatic heterocycles. The van der Waals surface area contributed by atoms with Crippen molar-refractivity contribution in [1.82, 2.24) is 10.3 Å². The first kappa shape index (κ1) is 16.1. The van der Waals surface area contributed by atoms with Gasteiger partial charge in [0.05, 0.1) is 17.8 Å². The Morgan fingerprint density at radius 2 is 2.26 bits per heavy atom. The van der Waals surface area contributed by atoms with Gasteiger partial charge in [0.2, 0.25) is 0 Å². The fourth-order valence-corrected chi connectivity index (χ4v) is 2.76. The van der Waals surface area contributed by atoms with Gasteiger partial charge in [0.15, 0.2) is 0 Å². The number of nitrogens with one attached hydrogen (secondary N) is 1. The number of nitrogens with zero attached hydrogens (tertiary/aromatic N) is 1. The van der Waals surface area contributed by atoms with Crippen LogP contribution in [0.2, 0.25) is 0 Å². The summed E-state index contributed by atoms with van der Waals surface area (Å²) in [6.07, 6.45) is 2.91. The van der Waals surface area contributed by atoms with Crippen LogP contribution in [0.1, 0.15) is 44.3 Å². The molecule has 0 fully saturated rings. The summed E-state index contributed by atoms with van der Waals surface area (Å²) in [7, 11) is 1.43. The zero-order chi connectivity index (χ0) is 14.3. The van der Waals surface area contributed by atoms with Gasteiger partial charge < -0.3 is 4.74 Å². The maximum absolute atomic E-state index is 11.7. The summed E-state index contributed by atoms with van der Waals surface area (Å²) >= 11 is 1.69. The van der Waals surface area contributed by atoms with Crippen molar-refractivity contribution >= 4 is 17.3 Å². The first-order valence-corrected chi connectivity index (χ1v) is 7.69. The van der Waals surface area contributed by atoms with Crippen molar-refractivity contribution < 1.29 is 9.53 Å².